The molecule has 0 heterocycles. The van der Waals surface area contributed by atoms with Crippen molar-refractivity contribution in [3.63, 3.8) is 0 Å². The second kappa shape index (κ2) is 8.40. The molecule has 0 atom stereocenters. The van der Waals surface area contributed by atoms with Gasteiger partial charge in [0.15, 0.2) is 5.78 Å². The molecule has 136 valence electrons. The maximum atomic E-state index is 11.9. The van der Waals surface area contributed by atoms with Crippen LogP contribution in [0.5, 0.6) is 5.75 Å². The van der Waals surface area contributed by atoms with Crippen LogP contribution < -0.4 is 4.74 Å². The Hall–Kier alpha value is -2.99. The number of hydrogen-bond acceptors (Lipinski definition) is 6. The van der Waals surface area contributed by atoms with Crippen LogP contribution in [-0.2, 0) is 9.53 Å². The molecule has 2 aromatic rings. The number of hydrogen-bond donors (Lipinski definition) is 1. The monoisotopic (exact) mass is 356 g/mol. The standard InChI is InChI=1S/C20H20O6/c1-20(2,24)18(22)15-8-10-16(11-9-15)25-12-13-26-19(23)17(21)14-6-4-3-5-7-14/h3-11,24H,12-13H2,1-2H3. The van der Waals surface area contributed by atoms with Crippen LogP contribution in [0.4, 0.5) is 0 Å². The Bertz CT molecular complexity index is 772. The van der Waals surface area contributed by atoms with Crippen molar-refractivity contribution in [3.05, 3.63) is 65.7 Å². The number of Topliss-reactive ketones (excluding diaryl/α,β-unsaturated/α-hetero) is 2. The lowest BCUT2D eigenvalue weighted by Gasteiger charge is -2.15. The number of aliphatic hydroxyl groups is 1. The van der Waals surface area contributed by atoms with E-state index in [1.807, 2.05) is 0 Å². The second-order valence-corrected chi connectivity index (χ2v) is 6.09. The molecule has 0 aliphatic rings. The molecule has 0 aliphatic heterocycles. The summed E-state index contributed by atoms with van der Waals surface area (Å²) in [5.74, 6) is -1.56. The van der Waals surface area contributed by atoms with E-state index in [2.05, 4.69) is 0 Å². The second-order valence-electron chi connectivity index (χ2n) is 6.09. The first kappa shape index (κ1) is 19.3. The van der Waals surface area contributed by atoms with E-state index >= 15 is 0 Å². The van der Waals surface area contributed by atoms with Crippen LogP contribution in [0.3, 0.4) is 0 Å². The lowest BCUT2D eigenvalue weighted by atomic mass is 9.97. The van der Waals surface area contributed by atoms with E-state index in [0.717, 1.165) is 0 Å². The minimum atomic E-state index is -1.44. The highest BCUT2D eigenvalue weighted by atomic mass is 16.6. The van der Waals surface area contributed by atoms with E-state index in [9.17, 15) is 19.5 Å². The van der Waals surface area contributed by atoms with Gasteiger partial charge >= 0.3 is 5.97 Å². The minimum Gasteiger partial charge on any atom is -0.490 e. The SMILES string of the molecule is CC(C)(O)C(=O)c1ccc(OCCOC(=O)C(=O)c2ccccc2)cc1. The van der Waals surface area contributed by atoms with Crippen LogP contribution in [0.2, 0.25) is 0 Å². The Balaban J connectivity index is 1.79. The van der Waals surface area contributed by atoms with E-state index in [4.69, 9.17) is 9.47 Å². The number of ketones is 2. The number of esters is 1. The van der Waals surface area contributed by atoms with Gasteiger partial charge in [-0.25, -0.2) is 4.79 Å². The Morgan fingerprint density at radius 3 is 2.08 bits per heavy atom. The van der Waals surface area contributed by atoms with Gasteiger partial charge in [0.25, 0.3) is 5.78 Å². The summed E-state index contributed by atoms with van der Waals surface area (Å²) in [5, 5.41) is 9.70. The first-order valence-electron chi connectivity index (χ1n) is 8.05. The maximum Gasteiger partial charge on any atom is 0.379 e. The van der Waals surface area contributed by atoms with Crippen molar-refractivity contribution in [1.29, 1.82) is 0 Å². The minimum absolute atomic E-state index is 0.0621. The van der Waals surface area contributed by atoms with Crippen molar-refractivity contribution in [2.24, 2.45) is 0 Å². The average Bonchev–Trinajstić information content (AvgIpc) is 2.64. The van der Waals surface area contributed by atoms with Crippen molar-refractivity contribution in [2.45, 2.75) is 19.4 Å². The van der Waals surface area contributed by atoms with Gasteiger partial charge in [-0.3, -0.25) is 9.59 Å². The van der Waals surface area contributed by atoms with Crippen LogP contribution >= 0.6 is 0 Å². The molecule has 0 amide bonds. The molecule has 6 nitrogen and oxygen atoms in total. The fourth-order valence-electron chi connectivity index (χ4n) is 2.12. The number of carbonyl (C=O) groups excluding carboxylic acids is 3. The van der Waals surface area contributed by atoms with Gasteiger partial charge in [0.2, 0.25) is 0 Å². The predicted octanol–water partition coefficient (Wildman–Crippen LogP) is 2.45. The molecule has 2 aromatic carbocycles. The van der Waals surface area contributed by atoms with Gasteiger partial charge in [-0.15, -0.1) is 0 Å². The van der Waals surface area contributed by atoms with Gasteiger partial charge in [0.05, 0.1) is 0 Å². The number of ether oxygens (including phenoxy) is 2. The molecule has 0 radical (unpaired) electrons. The highest BCUT2D eigenvalue weighted by Gasteiger charge is 2.25. The van der Waals surface area contributed by atoms with Crippen LogP contribution in [-0.4, -0.2) is 41.5 Å². The van der Waals surface area contributed by atoms with Crippen molar-refractivity contribution in [3.8, 4) is 5.75 Å². The third kappa shape index (κ3) is 5.26. The third-order valence-electron chi connectivity index (χ3n) is 3.48. The highest BCUT2D eigenvalue weighted by Crippen LogP contribution is 2.17. The van der Waals surface area contributed by atoms with Crippen LogP contribution in [0.15, 0.2) is 54.6 Å². The summed E-state index contributed by atoms with van der Waals surface area (Å²) in [6.07, 6.45) is 0. The van der Waals surface area contributed by atoms with Gasteiger partial charge < -0.3 is 14.6 Å². The van der Waals surface area contributed by atoms with Crippen molar-refractivity contribution < 1.29 is 29.0 Å². The molecule has 0 unspecified atom stereocenters. The largest absolute Gasteiger partial charge is 0.490 e. The maximum absolute atomic E-state index is 11.9. The van der Waals surface area contributed by atoms with E-state index < -0.39 is 23.1 Å². The molecular formula is C20H20O6. The summed E-state index contributed by atoms with van der Waals surface area (Å²) in [7, 11) is 0. The van der Waals surface area contributed by atoms with Gasteiger partial charge in [-0.05, 0) is 38.1 Å². The molecule has 0 aromatic heterocycles. The first-order valence-corrected chi connectivity index (χ1v) is 8.05. The first-order chi connectivity index (χ1) is 12.3. The fourth-order valence-corrected chi connectivity index (χ4v) is 2.12. The highest BCUT2D eigenvalue weighted by molar-refractivity contribution is 6.40. The van der Waals surface area contributed by atoms with Crippen LogP contribution in [0, 0.1) is 0 Å². The molecule has 1 N–H and O–H groups in total. The van der Waals surface area contributed by atoms with Gasteiger partial charge in [0, 0.05) is 11.1 Å². The van der Waals surface area contributed by atoms with Crippen molar-refractivity contribution in [1.82, 2.24) is 0 Å². The van der Waals surface area contributed by atoms with Crippen LogP contribution in [0.1, 0.15) is 34.6 Å². The Morgan fingerprint density at radius 2 is 1.50 bits per heavy atom. The summed E-state index contributed by atoms with van der Waals surface area (Å²) in [6, 6.07) is 14.4. The molecule has 0 bridgehead atoms. The van der Waals surface area contributed by atoms with Gasteiger partial charge in [-0.2, -0.15) is 0 Å². The average molecular weight is 356 g/mol. The number of carbonyl (C=O) groups is 3. The third-order valence-corrected chi connectivity index (χ3v) is 3.48. The predicted molar refractivity (Wildman–Crippen MR) is 94.3 cm³/mol. The molecule has 0 saturated heterocycles. The summed E-state index contributed by atoms with van der Waals surface area (Å²) >= 11 is 0. The molecule has 0 fully saturated rings. The van der Waals surface area contributed by atoms with E-state index in [1.54, 1.807) is 42.5 Å². The lowest BCUT2D eigenvalue weighted by molar-refractivity contribution is -0.138. The Morgan fingerprint density at radius 1 is 0.885 bits per heavy atom. The van der Waals surface area contributed by atoms with Gasteiger partial charge in [-0.1, -0.05) is 30.3 Å². The topological polar surface area (TPSA) is 89.9 Å². The summed E-state index contributed by atoms with van der Waals surface area (Å²) in [5.41, 5.74) is -0.808. The summed E-state index contributed by atoms with van der Waals surface area (Å²) in [4.78, 5) is 35.4. The summed E-state index contributed by atoms with van der Waals surface area (Å²) in [6.45, 7) is 2.82. The summed E-state index contributed by atoms with van der Waals surface area (Å²) < 4.78 is 10.3. The van der Waals surface area contributed by atoms with E-state index in [-0.39, 0.29) is 18.8 Å². The van der Waals surface area contributed by atoms with Crippen molar-refractivity contribution >= 4 is 17.5 Å². The number of rotatable bonds is 8. The van der Waals surface area contributed by atoms with Gasteiger partial charge in [0.1, 0.15) is 24.6 Å². The molecule has 6 heteroatoms. The zero-order valence-corrected chi connectivity index (χ0v) is 14.6. The van der Waals surface area contributed by atoms with Crippen molar-refractivity contribution in [2.75, 3.05) is 13.2 Å². The Kier molecular flexibility index (Phi) is 6.25. The van der Waals surface area contributed by atoms with E-state index in [0.29, 0.717) is 11.3 Å². The molecule has 0 saturated carbocycles. The molecule has 0 spiro atoms. The van der Waals surface area contributed by atoms with E-state index in [1.165, 1.54) is 26.0 Å². The molecule has 0 aliphatic carbocycles. The molecule has 26 heavy (non-hydrogen) atoms. The fraction of sp³-hybridized carbons (Fsp3) is 0.250. The number of benzene rings is 2. The normalized spacial score (nSPS) is 10.9. The Labute approximate surface area is 151 Å². The quantitative estimate of drug-likeness (QED) is 0.338. The lowest BCUT2D eigenvalue weighted by Crippen LogP contribution is -2.30. The molecule has 2 rings (SSSR count). The van der Waals surface area contributed by atoms with Crippen LogP contribution in [0.25, 0.3) is 0 Å². The smallest absolute Gasteiger partial charge is 0.379 e. The zero-order chi connectivity index (χ0) is 19.2. The zero-order valence-electron chi connectivity index (χ0n) is 14.6. The molecular weight excluding hydrogens is 336 g/mol.